The molecule has 0 unspecified atom stereocenters. The summed E-state index contributed by atoms with van der Waals surface area (Å²) >= 11 is 2.92. The summed E-state index contributed by atoms with van der Waals surface area (Å²) in [5.74, 6) is -0.132. The Hall–Kier alpha value is -3.10. The summed E-state index contributed by atoms with van der Waals surface area (Å²) in [5, 5.41) is 5.39. The second-order valence-electron chi connectivity index (χ2n) is 6.18. The van der Waals surface area contributed by atoms with E-state index >= 15 is 0 Å². The lowest BCUT2D eigenvalue weighted by molar-refractivity contribution is 0.0985. The maximum absolute atomic E-state index is 13.4. The van der Waals surface area contributed by atoms with Crippen molar-refractivity contribution in [2.75, 3.05) is 11.4 Å². The zero-order chi connectivity index (χ0) is 18.9. The van der Waals surface area contributed by atoms with Gasteiger partial charge in [0.2, 0.25) is 0 Å². The maximum Gasteiger partial charge on any atom is 0.289 e. The quantitative estimate of drug-likeness (QED) is 0.433. The van der Waals surface area contributed by atoms with Crippen LogP contribution >= 0.6 is 22.7 Å². The van der Waals surface area contributed by atoms with Crippen molar-refractivity contribution in [1.29, 1.82) is 0 Å². The Morgan fingerprint density at radius 1 is 0.929 bits per heavy atom. The zero-order valence-corrected chi connectivity index (χ0v) is 16.4. The van der Waals surface area contributed by atoms with Crippen LogP contribution in [0, 0.1) is 0 Å². The van der Waals surface area contributed by atoms with E-state index < -0.39 is 0 Å². The average molecular weight is 406 g/mol. The molecule has 0 aliphatic heterocycles. The van der Waals surface area contributed by atoms with Crippen LogP contribution in [0.25, 0.3) is 20.4 Å². The summed E-state index contributed by atoms with van der Waals surface area (Å²) in [5.41, 5.74) is 1.73. The van der Waals surface area contributed by atoms with E-state index in [0.29, 0.717) is 23.2 Å². The van der Waals surface area contributed by atoms with Gasteiger partial charge in [-0.05, 0) is 30.3 Å². The van der Waals surface area contributed by atoms with E-state index in [9.17, 15) is 4.79 Å². The molecular formula is C20H15N5OS2. The van der Waals surface area contributed by atoms with E-state index in [1.54, 1.807) is 11.1 Å². The van der Waals surface area contributed by atoms with Gasteiger partial charge in [-0.3, -0.25) is 14.4 Å². The standard InChI is InChI=1S/C20H15N5OS2/c26-19(18-22-14-6-1-3-8-16(14)27-18)25(13-12-24-11-5-10-21-24)20-23-15-7-2-4-9-17(15)28-20/h1-11H,12-13H2. The maximum atomic E-state index is 13.4. The highest BCUT2D eigenvalue weighted by atomic mass is 32.1. The van der Waals surface area contributed by atoms with Crippen molar-refractivity contribution in [2.24, 2.45) is 0 Å². The summed E-state index contributed by atoms with van der Waals surface area (Å²) < 4.78 is 3.87. The third-order valence-electron chi connectivity index (χ3n) is 4.35. The Morgan fingerprint density at radius 2 is 1.64 bits per heavy atom. The first-order valence-electron chi connectivity index (χ1n) is 8.78. The van der Waals surface area contributed by atoms with Crippen LogP contribution in [-0.4, -0.2) is 32.2 Å². The molecule has 0 saturated heterocycles. The monoisotopic (exact) mass is 405 g/mol. The van der Waals surface area contributed by atoms with E-state index in [-0.39, 0.29) is 5.91 Å². The van der Waals surface area contributed by atoms with Crippen molar-refractivity contribution in [3.8, 4) is 0 Å². The lowest BCUT2D eigenvalue weighted by atomic mass is 10.3. The van der Waals surface area contributed by atoms with E-state index in [1.807, 2.05) is 65.5 Å². The molecule has 5 aromatic rings. The van der Waals surface area contributed by atoms with Crippen LogP contribution in [0.1, 0.15) is 9.80 Å². The number of carbonyl (C=O) groups excluding carboxylic acids is 1. The Balaban J connectivity index is 1.52. The molecule has 0 spiro atoms. The number of fused-ring (bicyclic) bond motifs is 2. The van der Waals surface area contributed by atoms with Crippen molar-refractivity contribution in [3.63, 3.8) is 0 Å². The third kappa shape index (κ3) is 3.17. The van der Waals surface area contributed by atoms with Crippen molar-refractivity contribution < 1.29 is 4.79 Å². The molecular weight excluding hydrogens is 390 g/mol. The number of thiazole rings is 2. The van der Waals surface area contributed by atoms with Crippen molar-refractivity contribution >= 4 is 54.1 Å². The molecule has 2 aromatic carbocycles. The van der Waals surface area contributed by atoms with Gasteiger partial charge in [-0.15, -0.1) is 11.3 Å². The van der Waals surface area contributed by atoms with Crippen LogP contribution in [-0.2, 0) is 6.54 Å². The van der Waals surface area contributed by atoms with Crippen LogP contribution in [0.4, 0.5) is 5.13 Å². The number of amides is 1. The lowest BCUT2D eigenvalue weighted by Crippen LogP contribution is -2.34. The van der Waals surface area contributed by atoms with Gasteiger partial charge in [0, 0.05) is 18.9 Å². The minimum absolute atomic E-state index is 0.132. The van der Waals surface area contributed by atoms with E-state index in [4.69, 9.17) is 0 Å². The Labute approximate surface area is 168 Å². The van der Waals surface area contributed by atoms with Crippen molar-refractivity contribution in [1.82, 2.24) is 19.7 Å². The fraction of sp³-hybridized carbons (Fsp3) is 0.100. The van der Waals surface area contributed by atoms with E-state index in [1.165, 1.54) is 22.7 Å². The van der Waals surface area contributed by atoms with Crippen LogP contribution in [0.5, 0.6) is 0 Å². The predicted molar refractivity (Wildman–Crippen MR) is 113 cm³/mol. The molecule has 0 bridgehead atoms. The highest BCUT2D eigenvalue weighted by Crippen LogP contribution is 2.31. The summed E-state index contributed by atoms with van der Waals surface area (Å²) in [7, 11) is 0. The Kier molecular flexibility index (Phi) is 4.34. The SMILES string of the molecule is O=C(c1nc2ccccc2s1)N(CCn1cccn1)c1nc2ccccc2s1. The molecule has 8 heteroatoms. The minimum atomic E-state index is -0.132. The fourth-order valence-electron chi connectivity index (χ4n) is 2.97. The molecule has 138 valence electrons. The number of hydrogen-bond donors (Lipinski definition) is 0. The number of hydrogen-bond acceptors (Lipinski definition) is 6. The van der Waals surface area contributed by atoms with Crippen molar-refractivity contribution in [3.05, 3.63) is 72.0 Å². The van der Waals surface area contributed by atoms with Gasteiger partial charge in [-0.1, -0.05) is 35.6 Å². The summed E-state index contributed by atoms with van der Waals surface area (Å²) in [6.45, 7) is 1.05. The second-order valence-corrected chi connectivity index (χ2v) is 8.22. The Bertz CT molecular complexity index is 1190. The summed E-state index contributed by atoms with van der Waals surface area (Å²) in [6.07, 6.45) is 3.62. The molecule has 1 amide bonds. The van der Waals surface area contributed by atoms with Gasteiger partial charge in [-0.2, -0.15) is 5.10 Å². The smallest absolute Gasteiger partial charge is 0.280 e. The molecule has 0 fully saturated rings. The van der Waals surface area contributed by atoms with Gasteiger partial charge in [0.05, 0.1) is 27.0 Å². The highest BCUT2D eigenvalue weighted by molar-refractivity contribution is 7.22. The minimum Gasteiger partial charge on any atom is -0.280 e. The topological polar surface area (TPSA) is 63.9 Å². The van der Waals surface area contributed by atoms with Crippen LogP contribution < -0.4 is 4.90 Å². The highest BCUT2D eigenvalue weighted by Gasteiger charge is 2.24. The molecule has 0 saturated carbocycles. The molecule has 3 aromatic heterocycles. The van der Waals surface area contributed by atoms with E-state index in [2.05, 4.69) is 15.1 Å². The molecule has 3 heterocycles. The average Bonchev–Trinajstić information content (AvgIpc) is 3.46. The second kappa shape index (κ2) is 7.14. The predicted octanol–water partition coefficient (Wildman–Crippen LogP) is 4.45. The largest absolute Gasteiger partial charge is 0.289 e. The lowest BCUT2D eigenvalue weighted by Gasteiger charge is -2.18. The van der Waals surface area contributed by atoms with Crippen LogP contribution in [0.2, 0.25) is 0 Å². The molecule has 0 radical (unpaired) electrons. The first kappa shape index (κ1) is 17.0. The first-order valence-corrected chi connectivity index (χ1v) is 10.4. The van der Waals surface area contributed by atoms with Gasteiger partial charge >= 0.3 is 0 Å². The number of aromatic nitrogens is 4. The molecule has 6 nitrogen and oxygen atoms in total. The fourth-order valence-corrected chi connectivity index (χ4v) is 4.88. The van der Waals surface area contributed by atoms with Gasteiger partial charge in [0.1, 0.15) is 0 Å². The zero-order valence-electron chi connectivity index (χ0n) is 14.7. The summed E-state index contributed by atoms with van der Waals surface area (Å²) in [4.78, 5) is 24.3. The number of nitrogens with zero attached hydrogens (tertiary/aromatic N) is 5. The van der Waals surface area contributed by atoms with Crippen molar-refractivity contribution in [2.45, 2.75) is 6.54 Å². The Morgan fingerprint density at radius 3 is 2.32 bits per heavy atom. The van der Waals surface area contributed by atoms with E-state index in [0.717, 1.165) is 20.4 Å². The number of para-hydroxylation sites is 2. The summed E-state index contributed by atoms with van der Waals surface area (Å²) in [6, 6.07) is 17.6. The number of rotatable bonds is 5. The number of carbonyl (C=O) groups is 1. The van der Waals surface area contributed by atoms with Crippen LogP contribution in [0.15, 0.2) is 67.0 Å². The molecule has 0 atom stereocenters. The first-order chi connectivity index (χ1) is 13.8. The van der Waals surface area contributed by atoms with Crippen LogP contribution in [0.3, 0.4) is 0 Å². The van der Waals surface area contributed by atoms with Gasteiger partial charge in [0.15, 0.2) is 10.1 Å². The molecule has 0 aliphatic rings. The molecule has 0 N–H and O–H groups in total. The molecule has 28 heavy (non-hydrogen) atoms. The van der Waals surface area contributed by atoms with Gasteiger partial charge in [-0.25, -0.2) is 9.97 Å². The van der Waals surface area contributed by atoms with Gasteiger partial charge < -0.3 is 0 Å². The number of anilines is 1. The normalized spacial score (nSPS) is 11.3. The molecule has 0 aliphatic carbocycles. The number of benzene rings is 2. The third-order valence-corrected chi connectivity index (χ3v) is 6.43. The molecule has 5 rings (SSSR count). The van der Waals surface area contributed by atoms with Gasteiger partial charge in [0.25, 0.3) is 5.91 Å².